The Balaban J connectivity index is 2.42. The molecule has 0 saturated heterocycles. The van der Waals surface area contributed by atoms with Gasteiger partial charge in [-0.15, -0.1) is 0 Å². The van der Waals surface area contributed by atoms with Gasteiger partial charge in [-0.3, -0.25) is 4.98 Å². The van der Waals surface area contributed by atoms with E-state index in [4.69, 9.17) is 11.6 Å². The Morgan fingerprint density at radius 2 is 2.25 bits per heavy atom. The number of alkyl halides is 1. The van der Waals surface area contributed by atoms with Gasteiger partial charge in [0, 0.05) is 22.2 Å². The van der Waals surface area contributed by atoms with E-state index in [0.29, 0.717) is 15.9 Å². The molecule has 0 aliphatic carbocycles. The van der Waals surface area contributed by atoms with E-state index in [-0.39, 0.29) is 12.2 Å². The summed E-state index contributed by atoms with van der Waals surface area (Å²) in [5.41, 5.74) is 0.560. The highest BCUT2D eigenvalue weighted by Gasteiger charge is 2.30. The standard InChI is InChI=1S/C14H13ClFNO3/c1-2-20-14(19)11(16)13(18)9-5-6-10(15)8-4-3-7-17-12(8)9/h3-7,11,13,18H,2H2,1H3. The van der Waals surface area contributed by atoms with E-state index in [1.807, 2.05) is 0 Å². The third kappa shape index (κ3) is 2.73. The summed E-state index contributed by atoms with van der Waals surface area (Å²) in [5, 5.41) is 11.0. The number of nitrogens with zero attached hydrogens (tertiary/aromatic N) is 1. The SMILES string of the molecule is CCOC(=O)C(F)C(O)c1ccc(Cl)c2cccnc12. The van der Waals surface area contributed by atoms with Crippen LogP contribution in [0.2, 0.25) is 5.02 Å². The van der Waals surface area contributed by atoms with Crippen molar-refractivity contribution in [2.45, 2.75) is 19.2 Å². The van der Waals surface area contributed by atoms with Crippen LogP contribution in [0.25, 0.3) is 10.9 Å². The number of hydrogen-bond donors (Lipinski definition) is 1. The molecule has 106 valence electrons. The van der Waals surface area contributed by atoms with Gasteiger partial charge in [0.25, 0.3) is 0 Å². The number of carbonyl (C=O) groups is 1. The molecule has 20 heavy (non-hydrogen) atoms. The van der Waals surface area contributed by atoms with Crippen molar-refractivity contribution in [1.29, 1.82) is 0 Å². The molecule has 0 radical (unpaired) electrons. The number of aromatic nitrogens is 1. The number of aliphatic hydroxyl groups excluding tert-OH is 1. The summed E-state index contributed by atoms with van der Waals surface area (Å²) in [7, 11) is 0. The highest BCUT2D eigenvalue weighted by atomic mass is 35.5. The van der Waals surface area contributed by atoms with E-state index >= 15 is 0 Å². The van der Waals surface area contributed by atoms with Crippen molar-refractivity contribution in [2.75, 3.05) is 6.61 Å². The van der Waals surface area contributed by atoms with Crippen LogP contribution in [-0.2, 0) is 9.53 Å². The fourth-order valence-electron chi connectivity index (χ4n) is 1.91. The van der Waals surface area contributed by atoms with Gasteiger partial charge in [-0.05, 0) is 25.1 Å². The highest BCUT2D eigenvalue weighted by molar-refractivity contribution is 6.35. The van der Waals surface area contributed by atoms with Gasteiger partial charge in [0.15, 0.2) is 0 Å². The van der Waals surface area contributed by atoms with Crippen molar-refractivity contribution in [3.05, 3.63) is 41.0 Å². The summed E-state index contributed by atoms with van der Waals surface area (Å²) in [6.45, 7) is 1.61. The van der Waals surface area contributed by atoms with Gasteiger partial charge >= 0.3 is 5.97 Å². The van der Waals surface area contributed by atoms with Gasteiger partial charge in [0.2, 0.25) is 6.17 Å². The Morgan fingerprint density at radius 1 is 1.50 bits per heavy atom. The molecule has 6 heteroatoms. The van der Waals surface area contributed by atoms with Crippen molar-refractivity contribution in [1.82, 2.24) is 4.98 Å². The number of aliphatic hydroxyl groups is 1. The lowest BCUT2D eigenvalue weighted by atomic mass is 10.0. The van der Waals surface area contributed by atoms with Crippen LogP contribution in [0.4, 0.5) is 4.39 Å². The number of halogens is 2. The minimum atomic E-state index is -2.17. The lowest BCUT2D eigenvalue weighted by Crippen LogP contribution is -2.26. The lowest BCUT2D eigenvalue weighted by Gasteiger charge is -2.16. The maximum absolute atomic E-state index is 13.9. The maximum atomic E-state index is 13.9. The van der Waals surface area contributed by atoms with Crippen LogP contribution in [0.5, 0.6) is 0 Å². The summed E-state index contributed by atoms with van der Waals surface area (Å²) in [4.78, 5) is 15.4. The fraction of sp³-hybridized carbons (Fsp3) is 0.286. The fourth-order valence-corrected chi connectivity index (χ4v) is 2.12. The second-order valence-electron chi connectivity index (χ2n) is 4.13. The molecule has 1 heterocycles. The zero-order valence-corrected chi connectivity index (χ0v) is 11.5. The molecule has 4 nitrogen and oxygen atoms in total. The lowest BCUT2D eigenvalue weighted by molar-refractivity contribution is -0.153. The van der Waals surface area contributed by atoms with Crippen molar-refractivity contribution in [2.24, 2.45) is 0 Å². The first kappa shape index (κ1) is 14.7. The molecule has 2 aromatic rings. The van der Waals surface area contributed by atoms with E-state index in [9.17, 15) is 14.3 Å². The number of esters is 1. The zero-order valence-electron chi connectivity index (χ0n) is 10.7. The Bertz CT molecular complexity index is 635. The van der Waals surface area contributed by atoms with E-state index in [1.54, 1.807) is 19.1 Å². The first-order chi connectivity index (χ1) is 9.56. The van der Waals surface area contributed by atoms with Crippen LogP contribution in [0.3, 0.4) is 0 Å². The zero-order chi connectivity index (χ0) is 14.7. The maximum Gasteiger partial charge on any atom is 0.343 e. The molecule has 0 spiro atoms. The molecule has 2 rings (SSSR count). The third-order valence-electron chi connectivity index (χ3n) is 2.86. The number of ether oxygens (including phenoxy) is 1. The van der Waals surface area contributed by atoms with E-state index < -0.39 is 18.2 Å². The van der Waals surface area contributed by atoms with Crippen molar-refractivity contribution in [3.8, 4) is 0 Å². The number of hydrogen-bond acceptors (Lipinski definition) is 4. The molecule has 0 saturated carbocycles. The summed E-state index contributed by atoms with van der Waals surface area (Å²) in [5.74, 6) is -1.10. The van der Waals surface area contributed by atoms with Gasteiger partial charge in [-0.25, -0.2) is 9.18 Å². The van der Waals surface area contributed by atoms with Gasteiger partial charge in [0.05, 0.1) is 12.1 Å². The van der Waals surface area contributed by atoms with E-state index in [2.05, 4.69) is 9.72 Å². The van der Waals surface area contributed by atoms with Crippen LogP contribution in [0, 0.1) is 0 Å². The predicted molar refractivity (Wildman–Crippen MR) is 73.2 cm³/mol. The molecule has 0 amide bonds. The molecular formula is C14H13ClFNO3. The van der Waals surface area contributed by atoms with Crippen LogP contribution < -0.4 is 0 Å². The molecule has 0 fully saturated rings. The van der Waals surface area contributed by atoms with Gasteiger partial charge in [-0.2, -0.15) is 0 Å². The normalized spacial score (nSPS) is 14.0. The number of fused-ring (bicyclic) bond motifs is 1. The van der Waals surface area contributed by atoms with Crippen molar-refractivity contribution in [3.63, 3.8) is 0 Å². The smallest absolute Gasteiger partial charge is 0.343 e. The minimum absolute atomic E-state index is 0.0472. The van der Waals surface area contributed by atoms with Crippen LogP contribution in [-0.4, -0.2) is 28.8 Å². The molecule has 2 unspecified atom stereocenters. The topological polar surface area (TPSA) is 59.4 Å². The van der Waals surface area contributed by atoms with Crippen molar-refractivity contribution < 1.29 is 19.0 Å². The summed E-state index contributed by atoms with van der Waals surface area (Å²) < 4.78 is 18.5. The monoisotopic (exact) mass is 297 g/mol. The Kier molecular flexibility index (Phi) is 4.52. The summed E-state index contributed by atoms with van der Waals surface area (Å²) in [6.07, 6.45) is -2.31. The molecule has 0 bridgehead atoms. The van der Waals surface area contributed by atoms with Gasteiger partial charge < -0.3 is 9.84 Å². The molecular weight excluding hydrogens is 285 g/mol. The van der Waals surface area contributed by atoms with Crippen molar-refractivity contribution >= 4 is 28.5 Å². The van der Waals surface area contributed by atoms with Crippen LogP contribution in [0.15, 0.2) is 30.5 Å². The second kappa shape index (κ2) is 6.15. The number of carbonyl (C=O) groups excluding carboxylic acids is 1. The number of pyridine rings is 1. The first-order valence-electron chi connectivity index (χ1n) is 6.08. The molecule has 2 atom stereocenters. The quantitative estimate of drug-likeness (QED) is 0.882. The average molecular weight is 298 g/mol. The largest absolute Gasteiger partial charge is 0.464 e. The Morgan fingerprint density at radius 3 is 2.95 bits per heavy atom. The molecule has 1 N–H and O–H groups in total. The predicted octanol–water partition coefficient (Wildman–Crippen LogP) is 2.82. The van der Waals surface area contributed by atoms with Gasteiger partial charge in [-0.1, -0.05) is 17.7 Å². The summed E-state index contributed by atoms with van der Waals surface area (Å²) >= 11 is 6.02. The van der Waals surface area contributed by atoms with Gasteiger partial charge in [0.1, 0.15) is 6.10 Å². The first-order valence-corrected chi connectivity index (χ1v) is 6.46. The van der Waals surface area contributed by atoms with E-state index in [0.717, 1.165) is 0 Å². The Hall–Kier alpha value is -1.72. The minimum Gasteiger partial charge on any atom is -0.464 e. The Labute approximate surface area is 120 Å². The highest BCUT2D eigenvalue weighted by Crippen LogP contribution is 2.30. The third-order valence-corrected chi connectivity index (χ3v) is 3.18. The molecule has 0 aliphatic rings. The van der Waals surface area contributed by atoms with Crippen LogP contribution in [0.1, 0.15) is 18.6 Å². The number of benzene rings is 1. The average Bonchev–Trinajstić information content (AvgIpc) is 2.47. The van der Waals surface area contributed by atoms with Crippen LogP contribution >= 0.6 is 11.6 Å². The second-order valence-corrected chi connectivity index (χ2v) is 4.54. The molecule has 0 aliphatic heterocycles. The number of rotatable bonds is 4. The van der Waals surface area contributed by atoms with E-state index in [1.165, 1.54) is 18.3 Å². The molecule has 1 aromatic heterocycles. The molecule has 1 aromatic carbocycles. The summed E-state index contributed by atoms with van der Waals surface area (Å²) in [6, 6.07) is 6.37.